The van der Waals surface area contributed by atoms with Crippen LogP contribution >= 0.6 is 0 Å². The van der Waals surface area contributed by atoms with Gasteiger partial charge in [0.15, 0.2) is 0 Å². The highest BCUT2D eigenvalue weighted by Gasteiger charge is 2.49. The molecule has 3 heterocycles. The van der Waals surface area contributed by atoms with Crippen LogP contribution in [0.4, 0.5) is 4.79 Å². The molecule has 2 unspecified atom stereocenters. The molecule has 0 bridgehead atoms. The summed E-state index contributed by atoms with van der Waals surface area (Å²) in [6.45, 7) is 8.30. The summed E-state index contributed by atoms with van der Waals surface area (Å²) in [7, 11) is 0. The van der Waals surface area contributed by atoms with Crippen LogP contribution in [0, 0.1) is 5.92 Å². The lowest BCUT2D eigenvalue weighted by atomic mass is 9.99. The number of rotatable bonds is 1. The van der Waals surface area contributed by atoms with E-state index in [4.69, 9.17) is 4.74 Å². The zero-order valence-electron chi connectivity index (χ0n) is 14.6. The Bertz CT molecular complexity index is 523. The summed E-state index contributed by atoms with van der Waals surface area (Å²) in [5.74, 6) is 0.232. The van der Waals surface area contributed by atoms with E-state index in [1.807, 2.05) is 25.7 Å². The zero-order chi connectivity index (χ0) is 16.8. The quantitative estimate of drug-likeness (QED) is 0.698. The van der Waals surface area contributed by atoms with Gasteiger partial charge < -0.3 is 9.64 Å². The molecule has 3 rings (SSSR count). The van der Waals surface area contributed by atoms with Gasteiger partial charge in [0.25, 0.3) is 0 Å². The molecule has 2 saturated heterocycles. The van der Waals surface area contributed by atoms with E-state index in [2.05, 4.69) is 19.1 Å². The third kappa shape index (κ3) is 2.98. The van der Waals surface area contributed by atoms with E-state index >= 15 is 0 Å². The van der Waals surface area contributed by atoms with E-state index < -0.39 is 11.6 Å². The van der Waals surface area contributed by atoms with Gasteiger partial charge in [0.05, 0.1) is 6.04 Å². The Morgan fingerprint density at radius 1 is 1.26 bits per heavy atom. The van der Waals surface area contributed by atoms with Crippen molar-refractivity contribution in [3.8, 4) is 0 Å². The molecular weight excluding hydrogens is 292 g/mol. The van der Waals surface area contributed by atoms with E-state index in [1.54, 1.807) is 4.90 Å². The second-order valence-corrected chi connectivity index (χ2v) is 7.91. The summed E-state index contributed by atoms with van der Waals surface area (Å²) in [5, 5.41) is 0. The number of amides is 2. The molecule has 128 valence electrons. The molecule has 4 atom stereocenters. The molecule has 0 spiro atoms. The molecule has 0 aromatic rings. The Hall–Kier alpha value is -1.52. The number of hydrogen-bond acceptors (Lipinski definition) is 3. The lowest BCUT2D eigenvalue weighted by molar-refractivity contribution is -0.138. The van der Waals surface area contributed by atoms with E-state index in [0.29, 0.717) is 12.6 Å². The minimum absolute atomic E-state index is 0.109. The fourth-order valence-corrected chi connectivity index (χ4v) is 4.13. The van der Waals surface area contributed by atoms with Crippen molar-refractivity contribution in [2.45, 2.75) is 77.1 Å². The minimum atomic E-state index is -0.541. The summed E-state index contributed by atoms with van der Waals surface area (Å²) in [5.41, 5.74) is -0.541. The van der Waals surface area contributed by atoms with Crippen LogP contribution in [0.2, 0.25) is 0 Å². The number of carbonyl (C=O) groups is 2. The summed E-state index contributed by atoms with van der Waals surface area (Å²) < 4.78 is 5.52. The maximum atomic E-state index is 13.2. The molecule has 2 fully saturated rings. The average molecular weight is 320 g/mol. The minimum Gasteiger partial charge on any atom is -0.444 e. The van der Waals surface area contributed by atoms with E-state index in [1.165, 1.54) is 0 Å². The van der Waals surface area contributed by atoms with Crippen molar-refractivity contribution < 1.29 is 14.3 Å². The second kappa shape index (κ2) is 5.84. The van der Waals surface area contributed by atoms with E-state index in [9.17, 15) is 9.59 Å². The van der Waals surface area contributed by atoms with Gasteiger partial charge in [-0.3, -0.25) is 9.69 Å². The first-order valence-corrected chi connectivity index (χ1v) is 8.82. The highest BCUT2D eigenvalue weighted by molar-refractivity contribution is 5.88. The van der Waals surface area contributed by atoms with Crippen LogP contribution in [0.25, 0.3) is 0 Å². The zero-order valence-corrected chi connectivity index (χ0v) is 14.6. The smallest absolute Gasteiger partial charge is 0.410 e. The standard InChI is InChI=1S/C18H28N2O3/c1-5-13-8-9-14-7-6-12-10-11-19(15(12)16(21)20(13)14)17(22)23-18(2,3)4/h6-7,12-15H,5,8-11H2,1-4H3/t12-,13+,14?,15?/m0/s1. The van der Waals surface area contributed by atoms with Crippen LogP contribution in [-0.4, -0.2) is 52.1 Å². The fraction of sp³-hybridized carbons (Fsp3) is 0.778. The van der Waals surface area contributed by atoms with Gasteiger partial charge in [-0.15, -0.1) is 0 Å². The van der Waals surface area contributed by atoms with E-state index in [-0.39, 0.29) is 24.0 Å². The fourth-order valence-electron chi connectivity index (χ4n) is 4.13. The number of ether oxygens (including phenoxy) is 1. The molecule has 0 N–H and O–H groups in total. The first kappa shape index (κ1) is 16.3. The van der Waals surface area contributed by atoms with Crippen molar-refractivity contribution in [1.29, 1.82) is 0 Å². The SMILES string of the molecule is CC[C@@H]1CCC2C=C[C@H]3CCN(C(=O)OC(C)(C)C)C3C(=O)N21. The maximum absolute atomic E-state index is 13.2. The Kier molecular flexibility index (Phi) is 4.15. The summed E-state index contributed by atoms with van der Waals surface area (Å²) >= 11 is 0. The van der Waals surface area contributed by atoms with Crippen molar-refractivity contribution >= 4 is 12.0 Å². The number of hydrogen-bond donors (Lipinski definition) is 0. The Morgan fingerprint density at radius 2 is 2.00 bits per heavy atom. The van der Waals surface area contributed by atoms with Crippen LogP contribution in [0.5, 0.6) is 0 Å². The highest BCUT2D eigenvalue weighted by Crippen LogP contribution is 2.37. The largest absolute Gasteiger partial charge is 0.444 e. The molecule has 0 aromatic carbocycles. The van der Waals surface area contributed by atoms with Gasteiger partial charge in [0, 0.05) is 18.5 Å². The van der Waals surface area contributed by atoms with Crippen molar-refractivity contribution in [2.75, 3.05) is 6.54 Å². The molecule has 2 amide bonds. The van der Waals surface area contributed by atoms with Gasteiger partial charge in [-0.05, 0) is 46.5 Å². The van der Waals surface area contributed by atoms with Gasteiger partial charge in [-0.2, -0.15) is 0 Å². The molecule has 0 aromatic heterocycles. The Labute approximate surface area is 138 Å². The lowest BCUT2D eigenvalue weighted by Crippen LogP contribution is -2.52. The van der Waals surface area contributed by atoms with Crippen LogP contribution in [0.3, 0.4) is 0 Å². The number of likely N-dealkylation sites (tertiary alicyclic amines) is 1. The molecule has 0 radical (unpaired) electrons. The van der Waals surface area contributed by atoms with Crippen LogP contribution in [0.1, 0.15) is 53.4 Å². The third-order valence-electron chi connectivity index (χ3n) is 5.18. The van der Waals surface area contributed by atoms with E-state index in [0.717, 1.165) is 25.7 Å². The normalized spacial score (nSPS) is 33.5. The first-order chi connectivity index (χ1) is 10.8. The van der Waals surface area contributed by atoms with Crippen molar-refractivity contribution in [2.24, 2.45) is 5.92 Å². The molecule has 5 heteroatoms. The van der Waals surface area contributed by atoms with Crippen molar-refractivity contribution in [3.63, 3.8) is 0 Å². The average Bonchev–Trinajstić information content (AvgIpc) is 3.03. The lowest BCUT2D eigenvalue weighted by Gasteiger charge is -2.34. The van der Waals surface area contributed by atoms with Gasteiger partial charge >= 0.3 is 6.09 Å². The topological polar surface area (TPSA) is 49.9 Å². The Balaban J connectivity index is 1.84. The number of fused-ring (bicyclic) bond motifs is 2. The summed E-state index contributed by atoms with van der Waals surface area (Å²) in [6.07, 6.45) is 7.89. The molecule has 0 aliphatic carbocycles. The highest BCUT2D eigenvalue weighted by atomic mass is 16.6. The monoisotopic (exact) mass is 320 g/mol. The number of carbonyl (C=O) groups excluding carboxylic acids is 2. The Morgan fingerprint density at radius 3 is 2.65 bits per heavy atom. The molecular formula is C18H28N2O3. The second-order valence-electron chi connectivity index (χ2n) is 7.91. The molecule has 0 saturated carbocycles. The van der Waals surface area contributed by atoms with Gasteiger partial charge in [0.2, 0.25) is 5.91 Å². The summed E-state index contributed by atoms with van der Waals surface area (Å²) in [6, 6.07) is 0.119. The van der Waals surface area contributed by atoms with Gasteiger partial charge in [0.1, 0.15) is 11.6 Å². The van der Waals surface area contributed by atoms with Crippen molar-refractivity contribution in [3.05, 3.63) is 12.2 Å². The molecule has 5 nitrogen and oxygen atoms in total. The van der Waals surface area contributed by atoms with Gasteiger partial charge in [-0.25, -0.2) is 4.79 Å². The van der Waals surface area contributed by atoms with Crippen LogP contribution in [0.15, 0.2) is 12.2 Å². The van der Waals surface area contributed by atoms with Gasteiger partial charge in [-0.1, -0.05) is 19.1 Å². The summed E-state index contributed by atoms with van der Waals surface area (Å²) in [4.78, 5) is 29.4. The van der Waals surface area contributed by atoms with Crippen LogP contribution < -0.4 is 0 Å². The first-order valence-electron chi connectivity index (χ1n) is 8.82. The third-order valence-corrected chi connectivity index (χ3v) is 5.18. The molecule has 3 aliphatic heterocycles. The van der Waals surface area contributed by atoms with Crippen molar-refractivity contribution in [1.82, 2.24) is 9.80 Å². The molecule has 3 aliphatic rings. The van der Waals surface area contributed by atoms with Crippen LogP contribution in [-0.2, 0) is 9.53 Å². The predicted octanol–water partition coefficient (Wildman–Crippen LogP) is 2.95. The maximum Gasteiger partial charge on any atom is 0.410 e. The molecule has 23 heavy (non-hydrogen) atoms. The predicted molar refractivity (Wildman–Crippen MR) is 87.9 cm³/mol. The number of nitrogens with zero attached hydrogens (tertiary/aromatic N) is 2.